The Morgan fingerprint density at radius 2 is 2.35 bits per heavy atom. The van der Waals surface area contributed by atoms with Crippen LogP contribution in [-0.4, -0.2) is 26.7 Å². The van der Waals surface area contributed by atoms with E-state index in [2.05, 4.69) is 25.5 Å². The number of hydrogen-bond acceptors (Lipinski definition) is 5. The highest BCUT2D eigenvalue weighted by molar-refractivity contribution is 6.34. The van der Waals surface area contributed by atoms with E-state index < -0.39 is 0 Å². The van der Waals surface area contributed by atoms with Crippen molar-refractivity contribution in [2.45, 2.75) is 6.42 Å². The molecule has 0 spiro atoms. The molecule has 0 saturated heterocycles. The summed E-state index contributed by atoms with van der Waals surface area (Å²) in [5.41, 5.74) is 0.406. The van der Waals surface area contributed by atoms with E-state index in [1.54, 1.807) is 12.3 Å². The molecule has 0 aliphatic carbocycles. The highest BCUT2D eigenvalue weighted by atomic mass is 35.5. The van der Waals surface area contributed by atoms with E-state index in [4.69, 9.17) is 16.9 Å². The van der Waals surface area contributed by atoms with Crippen LogP contribution < -0.4 is 5.32 Å². The Bertz CT molecular complexity index is 530. The molecular formula is C10H9ClN6. The zero-order valence-corrected chi connectivity index (χ0v) is 9.57. The summed E-state index contributed by atoms with van der Waals surface area (Å²) in [4.78, 5) is 8.06. The Kier molecular flexibility index (Phi) is 3.52. The monoisotopic (exact) mass is 248 g/mol. The number of aromatic amines is 1. The van der Waals surface area contributed by atoms with Crippen LogP contribution in [0.1, 0.15) is 11.4 Å². The lowest BCUT2D eigenvalue weighted by molar-refractivity contribution is 0.897. The van der Waals surface area contributed by atoms with E-state index in [1.165, 1.54) is 6.33 Å². The van der Waals surface area contributed by atoms with Crippen molar-refractivity contribution in [1.29, 1.82) is 5.26 Å². The summed E-state index contributed by atoms with van der Waals surface area (Å²) in [6, 6.07) is 3.57. The fourth-order valence-corrected chi connectivity index (χ4v) is 1.52. The van der Waals surface area contributed by atoms with E-state index in [-0.39, 0.29) is 0 Å². The number of nitriles is 1. The second-order valence-electron chi connectivity index (χ2n) is 3.24. The van der Waals surface area contributed by atoms with Crippen molar-refractivity contribution in [3.05, 3.63) is 35.0 Å². The Labute approximate surface area is 103 Å². The number of H-pyrrole nitrogens is 1. The zero-order valence-electron chi connectivity index (χ0n) is 8.81. The number of nitrogens with zero attached hydrogens (tertiary/aromatic N) is 4. The standard InChI is InChI=1S/C10H9ClN6/c11-9-7(5-12)1-3-13-10(9)14-4-2-8-15-6-16-17-8/h1,3,6H,2,4H2,(H,13,14)(H,15,16,17). The maximum Gasteiger partial charge on any atom is 0.146 e. The predicted molar refractivity (Wildman–Crippen MR) is 62.5 cm³/mol. The quantitative estimate of drug-likeness (QED) is 0.853. The third-order valence-electron chi connectivity index (χ3n) is 2.13. The fraction of sp³-hybridized carbons (Fsp3) is 0.200. The lowest BCUT2D eigenvalue weighted by Crippen LogP contribution is -2.08. The van der Waals surface area contributed by atoms with Crippen LogP contribution >= 0.6 is 11.6 Å². The average Bonchev–Trinajstić information content (AvgIpc) is 2.84. The fourth-order valence-electron chi connectivity index (χ4n) is 1.30. The molecule has 0 unspecified atom stereocenters. The second kappa shape index (κ2) is 5.27. The zero-order chi connectivity index (χ0) is 12.1. The molecule has 2 heterocycles. The van der Waals surface area contributed by atoms with Gasteiger partial charge in [-0.2, -0.15) is 10.4 Å². The first-order chi connectivity index (χ1) is 8.31. The van der Waals surface area contributed by atoms with Gasteiger partial charge in [0, 0.05) is 19.2 Å². The van der Waals surface area contributed by atoms with E-state index in [0.29, 0.717) is 29.4 Å². The molecule has 0 bridgehead atoms. The molecule has 2 rings (SSSR count). The lowest BCUT2D eigenvalue weighted by Gasteiger charge is -2.06. The van der Waals surface area contributed by atoms with Gasteiger partial charge < -0.3 is 5.32 Å². The van der Waals surface area contributed by atoms with E-state index in [0.717, 1.165) is 5.82 Å². The van der Waals surface area contributed by atoms with Gasteiger partial charge in [0.15, 0.2) is 0 Å². The predicted octanol–water partition coefficient (Wildman–Crippen LogP) is 1.38. The largest absolute Gasteiger partial charge is 0.368 e. The number of aromatic nitrogens is 4. The van der Waals surface area contributed by atoms with Gasteiger partial charge in [-0.25, -0.2) is 9.97 Å². The molecular weight excluding hydrogens is 240 g/mol. The molecule has 2 aromatic rings. The van der Waals surface area contributed by atoms with Crippen LogP contribution in [0.3, 0.4) is 0 Å². The number of halogens is 1. The van der Waals surface area contributed by atoms with E-state index in [9.17, 15) is 0 Å². The first kappa shape index (κ1) is 11.4. The molecule has 0 aliphatic rings. The summed E-state index contributed by atoms with van der Waals surface area (Å²) in [5, 5.41) is 18.7. The Morgan fingerprint density at radius 1 is 1.47 bits per heavy atom. The maximum absolute atomic E-state index is 8.81. The van der Waals surface area contributed by atoms with Crippen LogP contribution in [0.4, 0.5) is 5.82 Å². The molecule has 0 radical (unpaired) electrons. The third kappa shape index (κ3) is 2.71. The number of nitrogens with one attached hydrogen (secondary N) is 2. The summed E-state index contributed by atoms with van der Waals surface area (Å²) >= 11 is 5.99. The molecule has 0 saturated carbocycles. The smallest absolute Gasteiger partial charge is 0.146 e. The van der Waals surface area contributed by atoms with Gasteiger partial charge in [0.05, 0.1) is 5.56 Å². The molecule has 6 nitrogen and oxygen atoms in total. The van der Waals surface area contributed by atoms with Gasteiger partial charge in [-0.05, 0) is 6.07 Å². The van der Waals surface area contributed by atoms with Crippen LogP contribution in [0.25, 0.3) is 0 Å². The summed E-state index contributed by atoms with van der Waals surface area (Å²) in [6.45, 7) is 0.608. The van der Waals surface area contributed by atoms with Crippen molar-refractivity contribution >= 4 is 17.4 Å². The van der Waals surface area contributed by atoms with Crippen molar-refractivity contribution in [2.75, 3.05) is 11.9 Å². The number of hydrogen-bond donors (Lipinski definition) is 2. The first-order valence-corrected chi connectivity index (χ1v) is 5.32. The normalized spacial score (nSPS) is 9.88. The minimum Gasteiger partial charge on any atom is -0.368 e. The maximum atomic E-state index is 8.81. The highest BCUT2D eigenvalue weighted by Gasteiger charge is 2.06. The van der Waals surface area contributed by atoms with Crippen molar-refractivity contribution in [2.24, 2.45) is 0 Å². The molecule has 0 aliphatic heterocycles. The van der Waals surface area contributed by atoms with Gasteiger partial charge in [0.2, 0.25) is 0 Å². The molecule has 0 aromatic carbocycles. The van der Waals surface area contributed by atoms with Crippen molar-refractivity contribution < 1.29 is 0 Å². The summed E-state index contributed by atoms with van der Waals surface area (Å²) < 4.78 is 0. The van der Waals surface area contributed by atoms with Crippen LogP contribution in [0.2, 0.25) is 5.02 Å². The number of pyridine rings is 1. The first-order valence-electron chi connectivity index (χ1n) is 4.94. The van der Waals surface area contributed by atoms with Crippen molar-refractivity contribution in [3.8, 4) is 6.07 Å². The molecule has 2 aromatic heterocycles. The van der Waals surface area contributed by atoms with Gasteiger partial charge in [0.1, 0.15) is 29.1 Å². The third-order valence-corrected chi connectivity index (χ3v) is 2.51. The van der Waals surface area contributed by atoms with Gasteiger partial charge in [-0.1, -0.05) is 11.6 Å². The van der Waals surface area contributed by atoms with Crippen LogP contribution in [-0.2, 0) is 6.42 Å². The van der Waals surface area contributed by atoms with Crippen LogP contribution in [0.5, 0.6) is 0 Å². The van der Waals surface area contributed by atoms with Crippen molar-refractivity contribution in [1.82, 2.24) is 20.2 Å². The number of anilines is 1. The second-order valence-corrected chi connectivity index (χ2v) is 3.62. The van der Waals surface area contributed by atoms with Gasteiger partial charge >= 0.3 is 0 Å². The average molecular weight is 249 g/mol. The van der Waals surface area contributed by atoms with Gasteiger partial charge in [-0.3, -0.25) is 5.10 Å². The molecule has 2 N–H and O–H groups in total. The minimum atomic E-state index is 0.340. The molecule has 0 amide bonds. The van der Waals surface area contributed by atoms with E-state index in [1.807, 2.05) is 6.07 Å². The molecule has 7 heteroatoms. The SMILES string of the molecule is N#Cc1ccnc(NCCc2ncn[nH]2)c1Cl. The summed E-state index contributed by atoms with van der Waals surface area (Å²) in [6.07, 6.45) is 3.67. The minimum absolute atomic E-state index is 0.340. The highest BCUT2D eigenvalue weighted by Crippen LogP contribution is 2.22. The van der Waals surface area contributed by atoms with Crippen molar-refractivity contribution in [3.63, 3.8) is 0 Å². The summed E-state index contributed by atoms with van der Waals surface area (Å²) in [7, 11) is 0. The molecule has 0 atom stereocenters. The topological polar surface area (TPSA) is 90.3 Å². The molecule has 0 fully saturated rings. The van der Waals surface area contributed by atoms with Crippen LogP contribution in [0, 0.1) is 11.3 Å². The molecule has 86 valence electrons. The van der Waals surface area contributed by atoms with E-state index >= 15 is 0 Å². The Hall–Kier alpha value is -2.13. The van der Waals surface area contributed by atoms with Gasteiger partial charge in [0.25, 0.3) is 0 Å². The Balaban J connectivity index is 1.98. The Morgan fingerprint density at radius 3 is 3.06 bits per heavy atom. The molecule has 17 heavy (non-hydrogen) atoms. The number of rotatable bonds is 4. The lowest BCUT2D eigenvalue weighted by atomic mass is 10.3. The summed E-state index contributed by atoms with van der Waals surface area (Å²) in [5.74, 6) is 1.29. The van der Waals surface area contributed by atoms with Gasteiger partial charge in [-0.15, -0.1) is 0 Å². The van der Waals surface area contributed by atoms with Crippen LogP contribution in [0.15, 0.2) is 18.6 Å².